The van der Waals surface area contributed by atoms with Crippen molar-refractivity contribution in [2.45, 2.75) is 76.0 Å². The van der Waals surface area contributed by atoms with E-state index in [1.807, 2.05) is 6.07 Å². The number of likely N-dealkylation sites (tertiary alicyclic amines) is 1. The molecule has 3 heterocycles. The summed E-state index contributed by atoms with van der Waals surface area (Å²) in [6, 6.07) is 5.29. The summed E-state index contributed by atoms with van der Waals surface area (Å²) >= 11 is 0. The average molecular weight is 516 g/mol. The topological polar surface area (TPSA) is 82.8 Å². The van der Waals surface area contributed by atoms with Gasteiger partial charge in [-0.15, -0.1) is 10.2 Å². The molecule has 0 bridgehead atoms. The van der Waals surface area contributed by atoms with E-state index >= 15 is 0 Å². The molecule has 37 heavy (non-hydrogen) atoms. The number of carbonyl (C=O) groups is 1. The Morgan fingerprint density at radius 1 is 1.16 bits per heavy atom. The van der Waals surface area contributed by atoms with Crippen LogP contribution in [0.1, 0.15) is 90.9 Å². The number of rotatable bonds is 6. The van der Waals surface area contributed by atoms with Crippen molar-refractivity contribution in [1.82, 2.24) is 24.8 Å². The Hall–Kier alpha value is -2.98. The van der Waals surface area contributed by atoms with Gasteiger partial charge in [0.1, 0.15) is 12.1 Å². The van der Waals surface area contributed by atoms with Crippen LogP contribution in [0, 0.1) is 5.82 Å². The SMILES string of the molecule is C[C@@H](NC(=O)c1cc(C2CCC(N3CCC[C@H](O)C3)CC2)c2nncn2c1)c1cccc(C(F)F)c1F. The largest absolute Gasteiger partial charge is 0.392 e. The molecule has 2 aliphatic rings. The lowest BCUT2D eigenvalue weighted by atomic mass is 9.80. The average Bonchev–Trinajstić information content (AvgIpc) is 3.37. The van der Waals surface area contributed by atoms with E-state index in [2.05, 4.69) is 20.4 Å². The van der Waals surface area contributed by atoms with Crippen molar-refractivity contribution in [3.05, 3.63) is 64.9 Å². The number of amides is 1. The highest BCUT2D eigenvalue weighted by Gasteiger charge is 2.31. The lowest BCUT2D eigenvalue weighted by Gasteiger charge is -2.40. The fourth-order valence-corrected chi connectivity index (χ4v) is 5.88. The Balaban J connectivity index is 1.32. The van der Waals surface area contributed by atoms with Crippen molar-refractivity contribution in [2.24, 2.45) is 0 Å². The molecule has 10 heteroatoms. The second-order valence-corrected chi connectivity index (χ2v) is 10.3. The molecule has 198 valence electrons. The molecule has 1 saturated carbocycles. The number of nitrogens with zero attached hydrogens (tertiary/aromatic N) is 4. The van der Waals surface area contributed by atoms with Crippen molar-refractivity contribution in [3.8, 4) is 0 Å². The van der Waals surface area contributed by atoms with Gasteiger partial charge >= 0.3 is 0 Å². The molecule has 0 unspecified atom stereocenters. The van der Waals surface area contributed by atoms with E-state index in [4.69, 9.17) is 0 Å². The molecular weight excluding hydrogens is 483 g/mol. The van der Waals surface area contributed by atoms with E-state index in [0.717, 1.165) is 63.2 Å². The molecule has 1 aromatic carbocycles. The molecule has 3 aromatic rings. The van der Waals surface area contributed by atoms with Crippen molar-refractivity contribution in [2.75, 3.05) is 13.1 Å². The Bertz CT molecular complexity index is 1260. The maximum Gasteiger partial charge on any atom is 0.266 e. The van der Waals surface area contributed by atoms with Crippen LogP contribution in [0.15, 0.2) is 36.8 Å². The molecule has 0 radical (unpaired) electrons. The summed E-state index contributed by atoms with van der Waals surface area (Å²) in [5.74, 6) is -1.22. The number of carbonyl (C=O) groups excluding carboxylic acids is 1. The third-order valence-electron chi connectivity index (χ3n) is 7.87. The third-order valence-corrected chi connectivity index (χ3v) is 7.87. The van der Waals surface area contributed by atoms with E-state index in [9.17, 15) is 23.1 Å². The van der Waals surface area contributed by atoms with Crippen molar-refractivity contribution in [3.63, 3.8) is 0 Å². The molecule has 0 spiro atoms. The van der Waals surface area contributed by atoms with Gasteiger partial charge in [0.25, 0.3) is 12.3 Å². The number of fused-ring (bicyclic) bond motifs is 1. The number of aromatic nitrogens is 3. The first kappa shape index (κ1) is 25.7. The molecule has 1 amide bonds. The quantitative estimate of drug-likeness (QED) is 0.494. The molecule has 5 rings (SSSR count). The summed E-state index contributed by atoms with van der Waals surface area (Å²) < 4.78 is 42.6. The maximum atomic E-state index is 14.6. The standard InChI is InChI=1S/C27H32F3N5O2/c1-16(21-5-2-6-22(24(21)28)25(29)30)32-27(37)18-12-23(26-33-31-15-35(26)13-18)17-7-9-19(10-8-17)34-11-3-4-20(36)14-34/h2,5-6,12-13,15-17,19-20,25,36H,3-4,7-11,14H2,1H3,(H,32,37)/t16-,17?,19?,20+/m1/s1. The molecule has 2 N–H and O–H groups in total. The fraction of sp³-hybridized carbons (Fsp3) is 0.519. The summed E-state index contributed by atoms with van der Waals surface area (Å²) in [5.41, 5.74) is 1.36. The van der Waals surface area contributed by atoms with Gasteiger partial charge in [0, 0.05) is 29.9 Å². The molecule has 2 fully saturated rings. The van der Waals surface area contributed by atoms with Crippen molar-refractivity contribution >= 4 is 11.6 Å². The smallest absolute Gasteiger partial charge is 0.266 e. The molecule has 2 aromatic heterocycles. The van der Waals surface area contributed by atoms with E-state index in [-0.39, 0.29) is 17.6 Å². The predicted octanol–water partition coefficient (Wildman–Crippen LogP) is 4.78. The molecule has 1 aliphatic heterocycles. The molecular formula is C27H32F3N5O2. The summed E-state index contributed by atoms with van der Waals surface area (Å²) in [4.78, 5) is 15.6. The highest BCUT2D eigenvalue weighted by Crippen LogP contribution is 2.37. The van der Waals surface area contributed by atoms with Gasteiger partial charge in [0.05, 0.1) is 23.3 Å². The minimum Gasteiger partial charge on any atom is -0.392 e. The van der Waals surface area contributed by atoms with E-state index in [0.29, 0.717) is 17.3 Å². The zero-order valence-corrected chi connectivity index (χ0v) is 20.8. The number of piperidine rings is 1. The molecule has 1 aliphatic carbocycles. The van der Waals surface area contributed by atoms with Gasteiger partial charge < -0.3 is 10.4 Å². The van der Waals surface area contributed by atoms with E-state index in [1.54, 1.807) is 23.8 Å². The summed E-state index contributed by atoms with van der Waals surface area (Å²) in [6.07, 6.45) is 5.78. The molecule has 1 saturated heterocycles. The van der Waals surface area contributed by atoms with Crippen LogP contribution < -0.4 is 5.32 Å². The Morgan fingerprint density at radius 2 is 1.92 bits per heavy atom. The third kappa shape index (κ3) is 5.36. The van der Waals surface area contributed by atoms with Gasteiger partial charge in [-0.3, -0.25) is 14.1 Å². The number of alkyl halides is 2. The Labute approximate surface area is 213 Å². The number of aliphatic hydroxyl groups is 1. The number of pyridine rings is 1. The van der Waals surface area contributed by atoms with Crippen LogP contribution in [0.2, 0.25) is 0 Å². The fourth-order valence-electron chi connectivity index (χ4n) is 5.88. The molecule has 7 nitrogen and oxygen atoms in total. The van der Waals surface area contributed by atoms with Crippen LogP contribution in [0.25, 0.3) is 5.65 Å². The Kier molecular flexibility index (Phi) is 7.48. The van der Waals surface area contributed by atoms with Gasteiger partial charge in [-0.05, 0) is 64.0 Å². The second kappa shape index (κ2) is 10.8. The van der Waals surface area contributed by atoms with Crippen LogP contribution in [0.5, 0.6) is 0 Å². The minimum absolute atomic E-state index is 0.0119. The van der Waals surface area contributed by atoms with Crippen LogP contribution >= 0.6 is 0 Å². The van der Waals surface area contributed by atoms with Gasteiger partial charge in [-0.2, -0.15) is 0 Å². The number of nitrogens with one attached hydrogen (secondary N) is 1. The first-order valence-corrected chi connectivity index (χ1v) is 12.9. The lowest BCUT2D eigenvalue weighted by Crippen LogP contribution is -2.45. The van der Waals surface area contributed by atoms with Crippen LogP contribution in [0.4, 0.5) is 13.2 Å². The lowest BCUT2D eigenvalue weighted by molar-refractivity contribution is 0.0345. The first-order valence-electron chi connectivity index (χ1n) is 12.9. The zero-order valence-electron chi connectivity index (χ0n) is 20.8. The van der Waals surface area contributed by atoms with E-state index in [1.165, 1.54) is 12.1 Å². The van der Waals surface area contributed by atoms with Gasteiger partial charge in [-0.25, -0.2) is 13.2 Å². The number of hydrogen-bond donors (Lipinski definition) is 2. The summed E-state index contributed by atoms with van der Waals surface area (Å²) in [7, 11) is 0. The number of hydrogen-bond acceptors (Lipinski definition) is 5. The van der Waals surface area contributed by atoms with Gasteiger partial charge in [0.2, 0.25) is 0 Å². The number of β-amino-alcohol motifs (C(OH)–C–C–N with tert-alkyl or cyclic N) is 1. The number of benzene rings is 1. The predicted molar refractivity (Wildman–Crippen MR) is 132 cm³/mol. The summed E-state index contributed by atoms with van der Waals surface area (Å²) in [5, 5.41) is 21.1. The van der Waals surface area contributed by atoms with Crippen LogP contribution in [0.3, 0.4) is 0 Å². The number of halogens is 3. The summed E-state index contributed by atoms with van der Waals surface area (Å²) in [6.45, 7) is 3.33. The van der Waals surface area contributed by atoms with Crippen molar-refractivity contribution in [1.29, 1.82) is 0 Å². The first-order chi connectivity index (χ1) is 17.8. The molecule has 2 atom stereocenters. The zero-order chi connectivity index (χ0) is 26.1. The highest BCUT2D eigenvalue weighted by atomic mass is 19.3. The second-order valence-electron chi connectivity index (χ2n) is 10.3. The number of aliphatic hydroxyl groups excluding tert-OH is 1. The van der Waals surface area contributed by atoms with E-state index < -0.39 is 29.8 Å². The maximum absolute atomic E-state index is 14.6. The monoisotopic (exact) mass is 515 g/mol. The van der Waals surface area contributed by atoms with Crippen LogP contribution in [-0.2, 0) is 0 Å². The van der Waals surface area contributed by atoms with Crippen LogP contribution in [-0.4, -0.2) is 55.7 Å². The highest BCUT2D eigenvalue weighted by molar-refractivity contribution is 5.94. The Morgan fingerprint density at radius 3 is 2.65 bits per heavy atom. The van der Waals surface area contributed by atoms with Gasteiger partial charge in [-0.1, -0.05) is 18.2 Å². The minimum atomic E-state index is -2.93. The van der Waals surface area contributed by atoms with Crippen molar-refractivity contribution < 1.29 is 23.1 Å². The van der Waals surface area contributed by atoms with Gasteiger partial charge in [0.15, 0.2) is 5.65 Å². The normalized spacial score (nSPS) is 23.9.